The number of nitrogens with one attached hydrogen (secondary N) is 2. The number of carbonyl (C=O) groups is 3. The zero-order valence-corrected chi connectivity index (χ0v) is 29.2. The number of ether oxygens (including phenoxy) is 1. The third kappa shape index (κ3) is 7.21. The Morgan fingerprint density at radius 2 is 1.61 bits per heavy atom. The monoisotopic (exact) mass is 724 g/mol. The molecule has 0 saturated heterocycles. The number of anilines is 4. The number of nitrogens with zero attached hydrogens (tertiary/aromatic N) is 4. The van der Waals surface area contributed by atoms with Crippen LogP contribution in [0.3, 0.4) is 0 Å². The molecule has 1 aliphatic rings. The fraction of sp³-hybridized carbons (Fsp3) is 0.258. The minimum absolute atomic E-state index is 0.0204. The van der Waals surface area contributed by atoms with Gasteiger partial charge in [0.2, 0.25) is 5.91 Å². The van der Waals surface area contributed by atoms with Crippen molar-refractivity contribution in [3.8, 4) is 0 Å². The fourth-order valence-corrected chi connectivity index (χ4v) is 5.94. The molecule has 10 nitrogen and oxygen atoms in total. The van der Waals surface area contributed by atoms with Gasteiger partial charge >= 0.3 is 11.9 Å². The van der Waals surface area contributed by atoms with Gasteiger partial charge in [-0.1, -0.05) is 58.0 Å². The molecule has 0 bridgehead atoms. The van der Waals surface area contributed by atoms with Crippen molar-refractivity contribution in [1.82, 2.24) is 0 Å². The molecular weight excluding hydrogens is 698 g/mol. The molecule has 0 radical (unpaired) electrons. The van der Waals surface area contributed by atoms with Crippen LogP contribution in [0.1, 0.15) is 43.6 Å². The second kappa shape index (κ2) is 14.9. The van der Waals surface area contributed by atoms with E-state index in [9.17, 15) is 14.4 Å². The second-order valence-electron chi connectivity index (χ2n) is 9.87. The molecule has 1 heterocycles. The van der Waals surface area contributed by atoms with Gasteiger partial charge < -0.3 is 20.3 Å². The van der Waals surface area contributed by atoms with Crippen LogP contribution < -0.4 is 20.5 Å². The maximum absolute atomic E-state index is 14.1. The average Bonchev–Trinajstić information content (AvgIpc) is 3.29. The van der Waals surface area contributed by atoms with E-state index >= 15 is 0 Å². The SMILES string of the molecule is CCOC(=O)c1c(Cl)c(Cl)c(N2N=C(Nc3cc(NC(C)=O)ccc3Cl)/C(=N/c3ccc(N(CC)CC)cc3C)C2=O)c(Cl)c1Cl. The summed E-state index contributed by atoms with van der Waals surface area (Å²) in [7, 11) is 0. The first-order valence-corrected chi connectivity index (χ1v) is 16.0. The second-order valence-corrected chi connectivity index (χ2v) is 11.8. The molecule has 2 amide bonds. The zero-order chi connectivity index (χ0) is 33.9. The molecule has 0 fully saturated rings. The maximum Gasteiger partial charge on any atom is 0.341 e. The summed E-state index contributed by atoms with van der Waals surface area (Å²) in [5, 5.41) is 10.3. The van der Waals surface area contributed by atoms with Crippen molar-refractivity contribution in [1.29, 1.82) is 0 Å². The molecule has 1 aliphatic heterocycles. The van der Waals surface area contributed by atoms with Crippen molar-refractivity contribution in [3.05, 3.63) is 72.6 Å². The summed E-state index contributed by atoms with van der Waals surface area (Å²) in [6.45, 7) is 10.7. The number of rotatable bonds is 9. The molecule has 0 unspecified atom stereocenters. The van der Waals surface area contributed by atoms with E-state index in [1.54, 1.807) is 31.2 Å². The molecule has 242 valence electrons. The molecule has 0 spiro atoms. The number of benzene rings is 3. The topological polar surface area (TPSA) is 116 Å². The van der Waals surface area contributed by atoms with Crippen LogP contribution >= 0.6 is 58.0 Å². The standard InChI is InChI=1S/C31H29Cl5N6O4/c1-6-41(7-2)18-10-12-20(15(4)13-18)38-27-29(39-21-14-17(37-16(5)43)9-11-19(21)32)40-42(30(27)44)28-25(35)23(33)22(24(34)26(28)36)31(45)46-8-3/h9-14H,6-8H2,1-5H3,(H,37,43)(H,39,40)/b38-27-. The third-order valence-corrected chi connectivity index (χ3v) is 8.85. The van der Waals surface area contributed by atoms with E-state index in [2.05, 4.69) is 34.5 Å². The molecule has 0 aromatic heterocycles. The molecule has 3 aromatic rings. The molecule has 4 rings (SSSR count). The number of esters is 1. The smallest absolute Gasteiger partial charge is 0.341 e. The van der Waals surface area contributed by atoms with Crippen LogP contribution in [0.25, 0.3) is 0 Å². The largest absolute Gasteiger partial charge is 0.462 e. The van der Waals surface area contributed by atoms with Gasteiger partial charge in [0.15, 0.2) is 11.5 Å². The van der Waals surface area contributed by atoms with E-state index in [0.717, 1.165) is 29.3 Å². The Hall–Kier alpha value is -3.54. The van der Waals surface area contributed by atoms with E-state index < -0.39 is 11.9 Å². The van der Waals surface area contributed by atoms with E-state index in [4.69, 9.17) is 67.7 Å². The molecule has 0 saturated carbocycles. The van der Waals surface area contributed by atoms with Crippen LogP contribution in [0.15, 0.2) is 46.5 Å². The summed E-state index contributed by atoms with van der Waals surface area (Å²) in [6, 6.07) is 10.4. The number of hydrogen-bond donors (Lipinski definition) is 2. The number of amides is 2. The number of hydrazone groups is 1. The molecule has 3 aromatic carbocycles. The van der Waals surface area contributed by atoms with Crippen molar-refractivity contribution in [2.24, 2.45) is 10.1 Å². The Balaban J connectivity index is 1.88. The van der Waals surface area contributed by atoms with Gasteiger partial charge in [-0.2, -0.15) is 5.01 Å². The summed E-state index contributed by atoms with van der Waals surface area (Å²) < 4.78 is 5.04. The van der Waals surface area contributed by atoms with Gasteiger partial charge in [0.05, 0.1) is 43.1 Å². The van der Waals surface area contributed by atoms with E-state index in [0.29, 0.717) is 17.1 Å². The predicted molar refractivity (Wildman–Crippen MR) is 189 cm³/mol. The molecule has 46 heavy (non-hydrogen) atoms. The first-order chi connectivity index (χ1) is 21.8. The summed E-state index contributed by atoms with van der Waals surface area (Å²) in [5.74, 6) is -1.88. The lowest BCUT2D eigenvalue weighted by Gasteiger charge is -2.21. The van der Waals surface area contributed by atoms with Gasteiger partial charge in [0, 0.05) is 31.4 Å². The molecule has 0 atom stereocenters. The van der Waals surface area contributed by atoms with Gasteiger partial charge in [-0.25, -0.2) is 9.79 Å². The van der Waals surface area contributed by atoms with Gasteiger partial charge in [-0.05, 0) is 69.7 Å². The van der Waals surface area contributed by atoms with Gasteiger partial charge in [-0.15, -0.1) is 5.10 Å². The lowest BCUT2D eigenvalue weighted by Crippen LogP contribution is -2.30. The van der Waals surface area contributed by atoms with Crippen molar-refractivity contribution < 1.29 is 19.1 Å². The highest BCUT2D eigenvalue weighted by molar-refractivity contribution is 6.74. The van der Waals surface area contributed by atoms with Crippen molar-refractivity contribution in [2.75, 3.05) is 40.2 Å². The number of halogens is 5. The quantitative estimate of drug-likeness (QED) is 0.168. The number of aliphatic imine (C=N–C) groups is 1. The van der Waals surface area contributed by atoms with Crippen LogP contribution in [-0.4, -0.2) is 49.0 Å². The van der Waals surface area contributed by atoms with Gasteiger partial charge in [0.1, 0.15) is 11.3 Å². The summed E-state index contributed by atoms with van der Waals surface area (Å²) >= 11 is 32.6. The zero-order valence-electron chi connectivity index (χ0n) is 25.4. The summed E-state index contributed by atoms with van der Waals surface area (Å²) in [4.78, 5) is 45.2. The normalized spacial score (nSPS) is 13.6. The summed E-state index contributed by atoms with van der Waals surface area (Å²) in [6.07, 6.45) is 0. The Morgan fingerprint density at radius 3 is 2.17 bits per heavy atom. The Bertz CT molecular complexity index is 1760. The minimum Gasteiger partial charge on any atom is -0.462 e. The highest BCUT2D eigenvalue weighted by Gasteiger charge is 2.38. The lowest BCUT2D eigenvalue weighted by atomic mass is 10.1. The lowest BCUT2D eigenvalue weighted by molar-refractivity contribution is -0.114. The van der Waals surface area contributed by atoms with Crippen LogP contribution in [0.4, 0.5) is 28.4 Å². The Morgan fingerprint density at radius 1 is 0.957 bits per heavy atom. The van der Waals surface area contributed by atoms with Crippen molar-refractivity contribution in [2.45, 2.75) is 34.6 Å². The minimum atomic E-state index is -0.842. The Labute approximate surface area is 291 Å². The molecule has 0 aliphatic carbocycles. The first kappa shape index (κ1) is 35.3. The number of amidine groups is 1. The average molecular weight is 727 g/mol. The Kier molecular flexibility index (Phi) is 11.5. The van der Waals surface area contributed by atoms with E-state index in [1.807, 2.05) is 19.1 Å². The maximum atomic E-state index is 14.1. The third-order valence-electron chi connectivity index (χ3n) is 6.83. The predicted octanol–water partition coefficient (Wildman–Crippen LogP) is 8.79. The van der Waals surface area contributed by atoms with Crippen LogP contribution in [0.2, 0.25) is 25.1 Å². The van der Waals surface area contributed by atoms with Crippen LogP contribution in [0.5, 0.6) is 0 Å². The number of hydrogen-bond acceptors (Lipinski definition) is 8. The van der Waals surface area contributed by atoms with Crippen LogP contribution in [-0.2, 0) is 14.3 Å². The van der Waals surface area contributed by atoms with Crippen molar-refractivity contribution in [3.63, 3.8) is 0 Å². The van der Waals surface area contributed by atoms with Crippen molar-refractivity contribution >= 4 is 116 Å². The molecule has 15 heteroatoms. The van der Waals surface area contributed by atoms with E-state index in [1.165, 1.54) is 6.92 Å². The number of carbonyl (C=O) groups excluding carboxylic acids is 3. The van der Waals surface area contributed by atoms with Gasteiger partial charge in [-0.3, -0.25) is 9.59 Å². The number of aryl methyl sites for hydroxylation is 1. The fourth-order valence-electron chi connectivity index (χ4n) is 4.62. The molecule has 2 N–H and O–H groups in total. The summed E-state index contributed by atoms with van der Waals surface area (Å²) in [5.41, 5.74) is 2.52. The molecular formula is C31H29Cl5N6O4. The highest BCUT2D eigenvalue weighted by atomic mass is 35.5. The first-order valence-electron chi connectivity index (χ1n) is 14.1. The highest BCUT2D eigenvalue weighted by Crippen LogP contribution is 2.47. The van der Waals surface area contributed by atoms with Crippen LogP contribution in [0, 0.1) is 6.92 Å². The van der Waals surface area contributed by atoms with E-state index in [-0.39, 0.29) is 60.4 Å². The van der Waals surface area contributed by atoms with Gasteiger partial charge in [0.25, 0.3) is 0 Å².